The molecule has 0 saturated carbocycles. The molecule has 0 saturated heterocycles. The zero-order valence-electron chi connectivity index (χ0n) is 10.8. The first-order chi connectivity index (χ1) is 9.56. The minimum Gasteiger partial charge on any atom is -0.478 e. The van der Waals surface area contributed by atoms with Gasteiger partial charge in [-0.05, 0) is 47.7 Å². The van der Waals surface area contributed by atoms with E-state index in [9.17, 15) is 9.59 Å². The summed E-state index contributed by atoms with van der Waals surface area (Å²) in [6, 6.07) is 8.92. The molecule has 4 nitrogen and oxygen atoms in total. The average Bonchev–Trinajstić information content (AvgIpc) is 2.91. The number of carboxylic acid groups (broad SMARTS) is 1. The Morgan fingerprint density at radius 2 is 2.10 bits per heavy atom. The molecule has 102 valence electrons. The molecule has 1 heterocycles. The lowest BCUT2D eigenvalue weighted by Gasteiger charge is -2.07. The van der Waals surface area contributed by atoms with Crippen LogP contribution in [0.4, 0.5) is 5.69 Å². The van der Waals surface area contributed by atoms with Gasteiger partial charge in [0.25, 0.3) is 5.91 Å². The molecule has 2 aromatic rings. The molecule has 1 aromatic heterocycles. The third-order valence-electron chi connectivity index (χ3n) is 2.68. The Hall–Kier alpha value is -2.40. The SMILES string of the molecule is Cc1cc(NC(=O)c2cccs2)ccc1C=CC(=O)O. The van der Waals surface area contributed by atoms with Crippen LogP contribution in [0.1, 0.15) is 20.8 Å². The molecule has 0 spiro atoms. The molecule has 0 fully saturated rings. The van der Waals surface area contributed by atoms with Gasteiger partial charge in [0.1, 0.15) is 0 Å². The van der Waals surface area contributed by atoms with Crippen LogP contribution in [0.2, 0.25) is 0 Å². The van der Waals surface area contributed by atoms with E-state index in [-0.39, 0.29) is 5.91 Å². The average molecular weight is 287 g/mol. The predicted octanol–water partition coefficient (Wildman–Crippen LogP) is 3.41. The molecular weight excluding hydrogens is 274 g/mol. The number of carbonyl (C=O) groups is 2. The lowest BCUT2D eigenvalue weighted by molar-refractivity contribution is -0.131. The van der Waals surface area contributed by atoms with Gasteiger partial charge in [0, 0.05) is 11.8 Å². The summed E-state index contributed by atoms with van der Waals surface area (Å²) in [6.45, 7) is 1.86. The minimum absolute atomic E-state index is 0.145. The van der Waals surface area contributed by atoms with Crippen LogP contribution >= 0.6 is 11.3 Å². The van der Waals surface area contributed by atoms with Crippen molar-refractivity contribution in [3.05, 3.63) is 57.8 Å². The van der Waals surface area contributed by atoms with E-state index in [1.807, 2.05) is 24.4 Å². The number of carboxylic acids is 1. The van der Waals surface area contributed by atoms with Crippen LogP contribution in [0.3, 0.4) is 0 Å². The molecule has 20 heavy (non-hydrogen) atoms. The van der Waals surface area contributed by atoms with Crippen molar-refractivity contribution in [2.75, 3.05) is 5.32 Å². The number of carbonyl (C=O) groups excluding carboxylic acids is 1. The third kappa shape index (κ3) is 3.55. The summed E-state index contributed by atoms with van der Waals surface area (Å²) in [5.74, 6) is -1.13. The summed E-state index contributed by atoms with van der Waals surface area (Å²) < 4.78 is 0. The quantitative estimate of drug-likeness (QED) is 0.847. The van der Waals surface area contributed by atoms with Gasteiger partial charge < -0.3 is 10.4 Å². The van der Waals surface area contributed by atoms with Crippen LogP contribution in [-0.4, -0.2) is 17.0 Å². The summed E-state index contributed by atoms with van der Waals surface area (Å²) >= 11 is 1.38. The van der Waals surface area contributed by atoms with Gasteiger partial charge in [-0.3, -0.25) is 4.79 Å². The second-order valence-corrected chi connectivity index (χ2v) is 5.12. The molecule has 5 heteroatoms. The van der Waals surface area contributed by atoms with Gasteiger partial charge in [0.15, 0.2) is 0 Å². The van der Waals surface area contributed by atoms with E-state index in [4.69, 9.17) is 5.11 Å². The van der Waals surface area contributed by atoms with Crippen LogP contribution in [0.15, 0.2) is 41.8 Å². The molecule has 0 aliphatic rings. The van der Waals surface area contributed by atoms with E-state index < -0.39 is 5.97 Å². The maximum absolute atomic E-state index is 11.9. The molecule has 2 rings (SSSR count). The number of aliphatic carboxylic acids is 1. The Morgan fingerprint density at radius 3 is 2.70 bits per heavy atom. The molecule has 0 bridgehead atoms. The van der Waals surface area contributed by atoms with Crippen LogP contribution in [0.5, 0.6) is 0 Å². The van der Waals surface area contributed by atoms with Gasteiger partial charge in [-0.25, -0.2) is 4.79 Å². The summed E-state index contributed by atoms with van der Waals surface area (Å²) in [6.07, 6.45) is 2.62. The number of amides is 1. The van der Waals surface area contributed by atoms with Crippen molar-refractivity contribution < 1.29 is 14.7 Å². The third-order valence-corrected chi connectivity index (χ3v) is 3.55. The zero-order valence-corrected chi connectivity index (χ0v) is 11.6. The van der Waals surface area contributed by atoms with Gasteiger partial charge in [0.05, 0.1) is 4.88 Å². The summed E-state index contributed by atoms with van der Waals surface area (Å²) in [5.41, 5.74) is 2.39. The van der Waals surface area contributed by atoms with Crippen molar-refractivity contribution in [2.24, 2.45) is 0 Å². The molecule has 0 unspecified atom stereocenters. The first kappa shape index (κ1) is 14.0. The smallest absolute Gasteiger partial charge is 0.328 e. The monoisotopic (exact) mass is 287 g/mol. The molecular formula is C15H13NO3S. The standard InChI is InChI=1S/C15H13NO3S/c1-10-9-12(6-4-11(10)5-7-14(17)18)16-15(19)13-3-2-8-20-13/h2-9H,1H3,(H,16,19)(H,17,18). The lowest BCUT2D eigenvalue weighted by Crippen LogP contribution is -2.10. The zero-order chi connectivity index (χ0) is 14.5. The fraction of sp³-hybridized carbons (Fsp3) is 0.0667. The predicted molar refractivity (Wildman–Crippen MR) is 80.1 cm³/mol. The normalized spacial score (nSPS) is 10.7. The van der Waals surface area contributed by atoms with E-state index in [2.05, 4.69) is 5.32 Å². The van der Waals surface area contributed by atoms with Crippen molar-refractivity contribution in [3.8, 4) is 0 Å². The number of rotatable bonds is 4. The Bertz CT molecular complexity index is 660. The lowest BCUT2D eigenvalue weighted by atomic mass is 10.1. The van der Waals surface area contributed by atoms with Crippen molar-refractivity contribution in [1.82, 2.24) is 0 Å². The van der Waals surface area contributed by atoms with E-state index in [0.717, 1.165) is 17.2 Å². The van der Waals surface area contributed by atoms with Gasteiger partial charge >= 0.3 is 5.97 Å². The Balaban J connectivity index is 2.13. The van der Waals surface area contributed by atoms with Crippen LogP contribution in [0.25, 0.3) is 6.08 Å². The van der Waals surface area contributed by atoms with Crippen molar-refractivity contribution in [3.63, 3.8) is 0 Å². The second-order valence-electron chi connectivity index (χ2n) is 4.17. The number of nitrogens with one attached hydrogen (secondary N) is 1. The minimum atomic E-state index is -0.987. The maximum Gasteiger partial charge on any atom is 0.328 e. The Kier molecular flexibility index (Phi) is 4.32. The van der Waals surface area contributed by atoms with Gasteiger partial charge in [-0.1, -0.05) is 12.1 Å². The van der Waals surface area contributed by atoms with E-state index >= 15 is 0 Å². The van der Waals surface area contributed by atoms with E-state index in [0.29, 0.717) is 10.6 Å². The van der Waals surface area contributed by atoms with Crippen molar-refractivity contribution in [1.29, 1.82) is 0 Å². The molecule has 0 aliphatic carbocycles. The first-order valence-electron chi connectivity index (χ1n) is 5.93. The number of hydrogen-bond acceptors (Lipinski definition) is 3. The molecule has 0 atom stereocenters. The van der Waals surface area contributed by atoms with Crippen molar-refractivity contribution >= 4 is 35.0 Å². The Morgan fingerprint density at radius 1 is 1.30 bits per heavy atom. The summed E-state index contributed by atoms with van der Waals surface area (Å²) in [4.78, 5) is 23.0. The number of hydrogen-bond donors (Lipinski definition) is 2. The van der Waals surface area contributed by atoms with Gasteiger partial charge in [-0.15, -0.1) is 11.3 Å². The van der Waals surface area contributed by atoms with Crippen molar-refractivity contribution in [2.45, 2.75) is 6.92 Å². The molecule has 0 aliphatic heterocycles. The van der Waals surface area contributed by atoms with Gasteiger partial charge in [0.2, 0.25) is 0 Å². The molecule has 2 N–H and O–H groups in total. The highest BCUT2D eigenvalue weighted by molar-refractivity contribution is 7.12. The van der Waals surface area contributed by atoms with Crippen LogP contribution in [0, 0.1) is 6.92 Å². The molecule has 1 amide bonds. The topological polar surface area (TPSA) is 66.4 Å². The fourth-order valence-corrected chi connectivity index (χ4v) is 2.32. The number of benzene rings is 1. The number of aryl methyl sites for hydroxylation is 1. The maximum atomic E-state index is 11.9. The Labute approximate surface area is 120 Å². The van der Waals surface area contributed by atoms with Crippen LogP contribution < -0.4 is 5.32 Å². The number of thiophene rings is 1. The number of anilines is 1. The molecule has 1 aromatic carbocycles. The summed E-state index contributed by atoms with van der Waals surface area (Å²) in [7, 11) is 0. The highest BCUT2D eigenvalue weighted by Crippen LogP contribution is 2.18. The van der Waals surface area contributed by atoms with Gasteiger partial charge in [-0.2, -0.15) is 0 Å². The fourth-order valence-electron chi connectivity index (χ4n) is 1.70. The first-order valence-corrected chi connectivity index (χ1v) is 6.81. The largest absolute Gasteiger partial charge is 0.478 e. The van der Waals surface area contributed by atoms with Crippen LogP contribution in [-0.2, 0) is 4.79 Å². The van der Waals surface area contributed by atoms with E-state index in [1.165, 1.54) is 17.4 Å². The highest BCUT2D eigenvalue weighted by Gasteiger charge is 2.07. The molecule has 0 radical (unpaired) electrons. The second kappa shape index (κ2) is 6.16. The summed E-state index contributed by atoms with van der Waals surface area (Å²) in [5, 5.41) is 13.3. The highest BCUT2D eigenvalue weighted by atomic mass is 32.1. The van der Waals surface area contributed by atoms with E-state index in [1.54, 1.807) is 18.2 Å².